The molecule has 74 valence electrons. The molecule has 13 heavy (non-hydrogen) atoms. The number of hydrogen-bond donors (Lipinski definition) is 2. The summed E-state index contributed by atoms with van der Waals surface area (Å²) in [6.45, 7) is 4.22. The van der Waals surface area contributed by atoms with Gasteiger partial charge in [0.15, 0.2) is 0 Å². The van der Waals surface area contributed by atoms with Crippen LogP contribution in [0.4, 0.5) is 0 Å². The first-order valence-corrected chi connectivity index (χ1v) is 5.89. The van der Waals surface area contributed by atoms with Crippen LogP contribution in [-0.2, 0) is 6.54 Å². The molecule has 1 heterocycles. The number of hydrogen-bond acceptors (Lipinski definition) is 3. The molecular formula is C9H17N3S. The monoisotopic (exact) mass is 199 g/mol. The van der Waals surface area contributed by atoms with E-state index < -0.39 is 0 Å². The Bertz CT molecular complexity index is 211. The number of thioether (sulfide) groups is 1. The van der Waals surface area contributed by atoms with Gasteiger partial charge in [0.2, 0.25) is 0 Å². The standard InChI is InChI=1S/C9H17N3S/c1-8(6-13-2)3-10-4-9-5-11-7-12-9/h5,7-8,10H,3-4,6H2,1-2H3,(H,11,12). The van der Waals surface area contributed by atoms with Gasteiger partial charge in [-0.2, -0.15) is 11.8 Å². The molecule has 1 rings (SSSR count). The van der Waals surface area contributed by atoms with Crippen LogP contribution in [0.1, 0.15) is 12.6 Å². The molecule has 0 fully saturated rings. The summed E-state index contributed by atoms with van der Waals surface area (Å²) in [6.07, 6.45) is 5.71. The third kappa shape index (κ3) is 4.33. The number of H-pyrrole nitrogens is 1. The first kappa shape index (κ1) is 10.6. The molecule has 1 unspecified atom stereocenters. The highest BCUT2D eigenvalue weighted by atomic mass is 32.2. The Kier molecular flexibility index (Phi) is 4.93. The van der Waals surface area contributed by atoms with Gasteiger partial charge in [0, 0.05) is 18.4 Å². The molecule has 0 amide bonds. The average molecular weight is 199 g/mol. The molecule has 0 radical (unpaired) electrons. The number of imidazole rings is 1. The van der Waals surface area contributed by atoms with Crippen molar-refractivity contribution in [2.75, 3.05) is 18.6 Å². The van der Waals surface area contributed by atoms with Gasteiger partial charge in [-0.05, 0) is 24.5 Å². The van der Waals surface area contributed by atoms with Crippen molar-refractivity contribution in [2.45, 2.75) is 13.5 Å². The molecule has 0 aliphatic carbocycles. The normalized spacial score (nSPS) is 13.1. The fourth-order valence-corrected chi connectivity index (χ4v) is 1.86. The summed E-state index contributed by atoms with van der Waals surface area (Å²) >= 11 is 1.90. The van der Waals surface area contributed by atoms with Crippen LogP contribution in [-0.4, -0.2) is 28.5 Å². The van der Waals surface area contributed by atoms with Crippen molar-refractivity contribution >= 4 is 11.8 Å². The molecule has 0 saturated heterocycles. The van der Waals surface area contributed by atoms with Crippen molar-refractivity contribution in [2.24, 2.45) is 5.92 Å². The van der Waals surface area contributed by atoms with Crippen LogP contribution in [0, 0.1) is 5.92 Å². The number of rotatable bonds is 6. The van der Waals surface area contributed by atoms with Crippen LogP contribution in [0.3, 0.4) is 0 Å². The summed E-state index contributed by atoms with van der Waals surface area (Å²) < 4.78 is 0. The second kappa shape index (κ2) is 6.05. The van der Waals surface area contributed by atoms with Gasteiger partial charge in [0.25, 0.3) is 0 Å². The zero-order chi connectivity index (χ0) is 9.52. The number of aromatic amines is 1. The van der Waals surface area contributed by atoms with Crippen LogP contribution in [0.2, 0.25) is 0 Å². The minimum atomic E-state index is 0.734. The Morgan fingerprint density at radius 3 is 3.15 bits per heavy atom. The summed E-state index contributed by atoms with van der Waals surface area (Å²) in [7, 11) is 0. The van der Waals surface area contributed by atoms with Crippen molar-refractivity contribution in [3.05, 3.63) is 18.2 Å². The summed E-state index contributed by atoms with van der Waals surface area (Å²) in [5.41, 5.74) is 1.15. The highest BCUT2D eigenvalue weighted by Crippen LogP contribution is 2.02. The molecule has 1 aromatic rings. The maximum atomic E-state index is 3.96. The van der Waals surface area contributed by atoms with Crippen molar-refractivity contribution in [3.8, 4) is 0 Å². The minimum absolute atomic E-state index is 0.734. The molecular weight excluding hydrogens is 182 g/mol. The van der Waals surface area contributed by atoms with Gasteiger partial charge in [-0.25, -0.2) is 4.98 Å². The Morgan fingerprint density at radius 1 is 1.69 bits per heavy atom. The van der Waals surface area contributed by atoms with Gasteiger partial charge in [-0.15, -0.1) is 0 Å². The zero-order valence-corrected chi connectivity index (χ0v) is 9.03. The van der Waals surface area contributed by atoms with E-state index in [2.05, 4.69) is 28.5 Å². The Hall–Kier alpha value is -0.480. The topological polar surface area (TPSA) is 40.7 Å². The molecule has 0 aliphatic rings. The van der Waals surface area contributed by atoms with Gasteiger partial charge in [0.1, 0.15) is 0 Å². The maximum Gasteiger partial charge on any atom is 0.0922 e. The highest BCUT2D eigenvalue weighted by Gasteiger charge is 2.00. The van der Waals surface area contributed by atoms with Crippen LogP contribution < -0.4 is 5.32 Å². The number of nitrogens with one attached hydrogen (secondary N) is 2. The van der Waals surface area contributed by atoms with Gasteiger partial charge in [-0.3, -0.25) is 0 Å². The van der Waals surface area contributed by atoms with Crippen LogP contribution in [0.25, 0.3) is 0 Å². The van der Waals surface area contributed by atoms with Gasteiger partial charge in [0.05, 0.1) is 6.33 Å². The van der Waals surface area contributed by atoms with Gasteiger partial charge < -0.3 is 10.3 Å². The second-order valence-corrected chi connectivity index (χ2v) is 4.18. The zero-order valence-electron chi connectivity index (χ0n) is 8.21. The fraction of sp³-hybridized carbons (Fsp3) is 0.667. The van der Waals surface area contributed by atoms with Crippen molar-refractivity contribution in [1.29, 1.82) is 0 Å². The van der Waals surface area contributed by atoms with Gasteiger partial charge >= 0.3 is 0 Å². The SMILES string of the molecule is CSCC(C)CNCc1cnc[nH]1. The van der Waals surface area contributed by atoms with E-state index >= 15 is 0 Å². The Labute approximate surface area is 83.7 Å². The molecule has 3 nitrogen and oxygen atoms in total. The summed E-state index contributed by atoms with van der Waals surface area (Å²) in [6, 6.07) is 0. The predicted octanol–water partition coefficient (Wildman–Crippen LogP) is 1.50. The van der Waals surface area contributed by atoms with Crippen LogP contribution in [0.5, 0.6) is 0 Å². The van der Waals surface area contributed by atoms with E-state index in [-0.39, 0.29) is 0 Å². The van der Waals surface area contributed by atoms with Crippen molar-refractivity contribution < 1.29 is 0 Å². The van der Waals surface area contributed by atoms with Crippen LogP contribution in [0.15, 0.2) is 12.5 Å². The molecule has 0 saturated carbocycles. The molecule has 2 N–H and O–H groups in total. The lowest BCUT2D eigenvalue weighted by Crippen LogP contribution is -2.22. The van der Waals surface area contributed by atoms with E-state index in [1.54, 1.807) is 6.33 Å². The van der Waals surface area contributed by atoms with E-state index in [0.717, 1.165) is 24.7 Å². The first-order valence-electron chi connectivity index (χ1n) is 4.50. The summed E-state index contributed by atoms with van der Waals surface area (Å²) in [5.74, 6) is 1.95. The molecule has 0 bridgehead atoms. The second-order valence-electron chi connectivity index (χ2n) is 3.27. The summed E-state index contributed by atoms with van der Waals surface area (Å²) in [4.78, 5) is 7.02. The number of nitrogens with zero attached hydrogens (tertiary/aromatic N) is 1. The molecule has 0 aliphatic heterocycles. The average Bonchev–Trinajstić information content (AvgIpc) is 2.57. The maximum absolute atomic E-state index is 3.96. The molecule has 1 atom stereocenters. The third-order valence-corrected chi connectivity index (χ3v) is 2.72. The molecule has 4 heteroatoms. The van der Waals surface area contributed by atoms with E-state index in [1.807, 2.05) is 18.0 Å². The summed E-state index contributed by atoms with van der Waals surface area (Å²) in [5, 5.41) is 3.39. The van der Waals surface area contributed by atoms with Crippen molar-refractivity contribution in [3.63, 3.8) is 0 Å². The van der Waals surface area contributed by atoms with E-state index in [0.29, 0.717) is 0 Å². The minimum Gasteiger partial charge on any atom is -0.347 e. The lowest BCUT2D eigenvalue weighted by Gasteiger charge is -2.09. The lowest BCUT2D eigenvalue weighted by molar-refractivity contribution is 0.556. The quantitative estimate of drug-likeness (QED) is 0.729. The Morgan fingerprint density at radius 2 is 2.54 bits per heavy atom. The first-order chi connectivity index (χ1) is 6.33. The Balaban J connectivity index is 2.07. The lowest BCUT2D eigenvalue weighted by atomic mass is 10.2. The highest BCUT2D eigenvalue weighted by molar-refractivity contribution is 7.98. The van der Waals surface area contributed by atoms with Gasteiger partial charge in [-0.1, -0.05) is 6.92 Å². The number of aromatic nitrogens is 2. The molecule has 1 aromatic heterocycles. The predicted molar refractivity (Wildman–Crippen MR) is 57.8 cm³/mol. The molecule has 0 spiro atoms. The smallest absolute Gasteiger partial charge is 0.0922 e. The van der Waals surface area contributed by atoms with Crippen LogP contribution >= 0.6 is 11.8 Å². The third-order valence-electron chi connectivity index (χ3n) is 1.81. The fourth-order valence-electron chi connectivity index (χ4n) is 1.18. The van der Waals surface area contributed by atoms with E-state index in [1.165, 1.54) is 5.75 Å². The molecule has 0 aromatic carbocycles. The van der Waals surface area contributed by atoms with E-state index in [9.17, 15) is 0 Å². The largest absolute Gasteiger partial charge is 0.347 e. The van der Waals surface area contributed by atoms with Crippen molar-refractivity contribution in [1.82, 2.24) is 15.3 Å². The van der Waals surface area contributed by atoms with E-state index in [4.69, 9.17) is 0 Å².